The minimum Gasteiger partial charge on any atom is -0.475 e. The van der Waals surface area contributed by atoms with Crippen molar-refractivity contribution in [2.24, 2.45) is 0 Å². The standard InChI is InChI=1S/C9H12O7/c1-2-13-3-4-14-8(12)9(7(10)11)15-5-6-16-9/h5-6H,2-4H2,1H3,(H,10,11). The van der Waals surface area contributed by atoms with Gasteiger partial charge in [-0.3, -0.25) is 0 Å². The molecule has 0 fully saturated rings. The van der Waals surface area contributed by atoms with Crippen LogP contribution in [0, 0.1) is 0 Å². The van der Waals surface area contributed by atoms with Gasteiger partial charge >= 0.3 is 17.7 Å². The summed E-state index contributed by atoms with van der Waals surface area (Å²) in [6.45, 7) is 2.39. The number of carbonyl (C=O) groups excluding carboxylic acids is 1. The maximum atomic E-state index is 11.4. The Morgan fingerprint density at radius 3 is 2.44 bits per heavy atom. The summed E-state index contributed by atoms with van der Waals surface area (Å²) in [6, 6.07) is 0. The van der Waals surface area contributed by atoms with E-state index in [1.807, 2.05) is 0 Å². The van der Waals surface area contributed by atoms with E-state index >= 15 is 0 Å². The zero-order valence-corrected chi connectivity index (χ0v) is 8.67. The van der Waals surface area contributed by atoms with E-state index in [0.29, 0.717) is 6.61 Å². The van der Waals surface area contributed by atoms with Crippen molar-refractivity contribution in [2.45, 2.75) is 12.7 Å². The lowest BCUT2D eigenvalue weighted by atomic mass is 10.3. The first-order valence-electron chi connectivity index (χ1n) is 4.62. The van der Waals surface area contributed by atoms with Gasteiger partial charge in [-0.1, -0.05) is 0 Å². The highest BCUT2D eigenvalue weighted by Gasteiger charge is 2.55. The maximum absolute atomic E-state index is 11.4. The molecule has 0 saturated heterocycles. The van der Waals surface area contributed by atoms with Crippen molar-refractivity contribution < 1.29 is 33.6 Å². The Hall–Kier alpha value is -1.76. The highest BCUT2D eigenvalue weighted by atomic mass is 16.8. The van der Waals surface area contributed by atoms with E-state index in [0.717, 1.165) is 12.5 Å². The molecule has 7 heteroatoms. The summed E-state index contributed by atoms with van der Waals surface area (Å²) in [6.07, 6.45) is 1.94. The van der Waals surface area contributed by atoms with Crippen molar-refractivity contribution in [3.63, 3.8) is 0 Å². The molecule has 1 rings (SSSR count). The lowest BCUT2D eigenvalue weighted by Crippen LogP contribution is -2.49. The highest BCUT2D eigenvalue weighted by Crippen LogP contribution is 2.22. The van der Waals surface area contributed by atoms with Gasteiger partial charge in [-0.2, -0.15) is 0 Å². The molecule has 0 unspecified atom stereocenters. The number of ether oxygens (including phenoxy) is 4. The van der Waals surface area contributed by atoms with Gasteiger partial charge in [0.1, 0.15) is 19.1 Å². The number of carbonyl (C=O) groups is 2. The van der Waals surface area contributed by atoms with Crippen molar-refractivity contribution >= 4 is 11.9 Å². The van der Waals surface area contributed by atoms with Gasteiger partial charge in [0.15, 0.2) is 0 Å². The highest BCUT2D eigenvalue weighted by molar-refractivity contribution is 6.01. The summed E-state index contributed by atoms with van der Waals surface area (Å²) in [4.78, 5) is 22.3. The molecule has 16 heavy (non-hydrogen) atoms. The van der Waals surface area contributed by atoms with Crippen molar-refractivity contribution in [3.8, 4) is 0 Å². The van der Waals surface area contributed by atoms with E-state index in [4.69, 9.17) is 9.84 Å². The first kappa shape index (κ1) is 12.3. The van der Waals surface area contributed by atoms with Crippen molar-refractivity contribution in [3.05, 3.63) is 12.5 Å². The number of carboxylic acids is 1. The molecule has 1 N–H and O–H groups in total. The van der Waals surface area contributed by atoms with E-state index in [1.54, 1.807) is 6.92 Å². The maximum Gasteiger partial charge on any atom is 0.452 e. The Bertz CT molecular complexity index is 288. The molecule has 0 amide bonds. The summed E-state index contributed by atoms with van der Waals surface area (Å²) < 4.78 is 18.8. The fourth-order valence-electron chi connectivity index (χ4n) is 0.992. The van der Waals surface area contributed by atoms with Gasteiger partial charge in [0, 0.05) is 6.61 Å². The number of aliphatic carboxylic acids is 1. The van der Waals surface area contributed by atoms with Crippen LogP contribution >= 0.6 is 0 Å². The first-order valence-corrected chi connectivity index (χ1v) is 4.62. The minimum atomic E-state index is -2.41. The summed E-state index contributed by atoms with van der Waals surface area (Å²) in [5, 5.41) is 8.81. The third-order valence-electron chi connectivity index (χ3n) is 1.74. The lowest BCUT2D eigenvalue weighted by molar-refractivity contribution is -0.214. The van der Waals surface area contributed by atoms with Crippen LogP contribution in [0.15, 0.2) is 12.5 Å². The van der Waals surface area contributed by atoms with Crippen LogP contribution in [-0.4, -0.2) is 42.7 Å². The predicted octanol–water partition coefficient (Wildman–Crippen LogP) is -0.135. The van der Waals surface area contributed by atoms with Gasteiger partial charge in [0.05, 0.1) is 6.61 Å². The molecule has 90 valence electrons. The second-order valence-corrected chi connectivity index (χ2v) is 2.76. The van der Waals surface area contributed by atoms with Gasteiger partial charge < -0.3 is 24.1 Å². The molecule has 0 radical (unpaired) electrons. The Morgan fingerprint density at radius 1 is 1.31 bits per heavy atom. The summed E-state index contributed by atoms with van der Waals surface area (Å²) >= 11 is 0. The molecule has 1 aliphatic heterocycles. The van der Waals surface area contributed by atoms with Crippen molar-refractivity contribution in [1.29, 1.82) is 0 Å². The first-order chi connectivity index (χ1) is 7.63. The average Bonchev–Trinajstić information content (AvgIpc) is 2.74. The Balaban J connectivity index is 2.47. The number of rotatable bonds is 6. The molecule has 1 aliphatic rings. The summed E-state index contributed by atoms with van der Waals surface area (Å²) in [5.41, 5.74) is 0. The minimum absolute atomic E-state index is 0.0611. The van der Waals surface area contributed by atoms with Crippen molar-refractivity contribution in [2.75, 3.05) is 19.8 Å². The normalized spacial score (nSPS) is 16.3. The van der Waals surface area contributed by atoms with E-state index in [9.17, 15) is 9.59 Å². The molecule has 7 nitrogen and oxygen atoms in total. The van der Waals surface area contributed by atoms with Gasteiger partial charge in [0.2, 0.25) is 0 Å². The molecule has 0 atom stereocenters. The molecule has 0 saturated carbocycles. The van der Waals surface area contributed by atoms with Crippen LogP contribution in [0.4, 0.5) is 0 Å². The van der Waals surface area contributed by atoms with E-state index < -0.39 is 17.7 Å². The van der Waals surface area contributed by atoms with Gasteiger partial charge in [-0.05, 0) is 6.92 Å². The van der Waals surface area contributed by atoms with E-state index in [1.165, 1.54) is 0 Å². The van der Waals surface area contributed by atoms with Crippen LogP contribution < -0.4 is 0 Å². The largest absolute Gasteiger partial charge is 0.475 e. The number of hydrogen-bond donors (Lipinski definition) is 1. The van der Waals surface area contributed by atoms with Gasteiger partial charge in [0.25, 0.3) is 0 Å². The zero-order valence-electron chi connectivity index (χ0n) is 8.67. The topological polar surface area (TPSA) is 91.3 Å². The Kier molecular flexibility index (Phi) is 4.12. The summed E-state index contributed by atoms with van der Waals surface area (Å²) in [5.74, 6) is -5.10. The van der Waals surface area contributed by atoms with Crippen molar-refractivity contribution in [1.82, 2.24) is 0 Å². The van der Waals surface area contributed by atoms with E-state index in [-0.39, 0.29) is 13.2 Å². The molecule has 0 aromatic heterocycles. The molecular weight excluding hydrogens is 220 g/mol. The molecule has 0 aliphatic carbocycles. The monoisotopic (exact) mass is 232 g/mol. The SMILES string of the molecule is CCOCCOC(=O)C1(C(=O)O)OC=CO1. The second kappa shape index (κ2) is 5.36. The van der Waals surface area contributed by atoms with Gasteiger partial charge in [-0.15, -0.1) is 0 Å². The number of hydrogen-bond acceptors (Lipinski definition) is 6. The predicted molar refractivity (Wildman–Crippen MR) is 49.1 cm³/mol. The van der Waals surface area contributed by atoms with Crippen LogP contribution in [0.2, 0.25) is 0 Å². The van der Waals surface area contributed by atoms with Gasteiger partial charge in [-0.25, -0.2) is 9.59 Å². The smallest absolute Gasteiger partial charge is 0.452 e. The fourth-order valence-corrected chi connectivity index (χ4v) is 0.992. The van der Waals surface area contributed by atoms with Crippen LogP contribution in [0.25, 0.3) is 0 Å². The lowest BCUT2D eigenvalue weighted by Gasteiger charge is -2.20. The quantitative estimate of drug-likeness (QED) is 0.387. The third-order valence-corrected chi connectivity index (χ3v) is 1.74. The molecule has 0 spiro atoms. The van der Waals surface area contributed by atoms with E-state index in [2.05, 4.69) is 14.2 Å². The van der Waals surface area contributed by atoms with Crippen LogP contribution in [0.5, 0.6) is 0 Å². The molecule has 1 heterocycles. The zero-order chi connectivity index (χ0) is 12.0. The van der Waals surface area contributed by atoms with Crippen LogP contribution in [0.3, 0.4) is 0 Å². The molecule has 0 aromatic rings. The number of esters is 1. The summed E-state index contributed by atoms with van der Waals surface area (Å²) in [7, 11) is 0. The third kappa shape index (κ3) is 2.43. The Morgan fingerprint density at radius 2 is 1.94 bits per heavy atom. The molecule has 0 aromatic carbocycles. The van der Waals surface area contributed by atoms with Crippen LogP contribution in [-0.2, 0) is 28.5 Å². The average molecular weight is 232 g/mol. The second-order valence-electron chi connectivity index (χ2n) is 2.76. The fraction of sp³-hybridized carbons (Fsp3) is 0.556. The number of carboxylic acid groups (broad SMARTS) is 1. The molecule has 0 bridgehead atoms. The Labute approximate surface area is 91.5 Å². The molecular formula is C9H12O7. The van der Waals surface area contributed by atoms with Crippen LogP contribution in [0.1, 0.15) is 6.92 Å².